The molecular weight excluding hydrogens is 182 g/mol. The van der Waals surface area contributed by atoms with E-state index < -0.39 is 6.10 Å². The Balaban J connectivity index is 2.05. The predicted molar refractivity (Wildman–Crippen MR) is 48.3 cm³/mol. The number of H-pyrrole nitrogens is 1. The number of aromatic nitrogens is 5. The predicted octanol–water partition coefficient (Wildman–Crippen LogP) is -0.186. The molecule has 0 aliphatic heterocycles. The van der Waals surface area contributed by atoms with Gasteiger partial charge in [0, 0.05) is 25.2 Å². The number of hydrogen-bond donors (Lipinski definition) is 2. The maximum absolute atomic E-state index is 9.74. The number of nitrogens with one attached hydrogen (secondary N) is 1. The third-order valence-corrected chi connectivity index (χ3v) is 1.95. The number of hydrogen-bond acceptors (Lipinski definition) is 4. The molecule has 0 amide bonds. The van der Waals surface area contributed by atoms with Crippen LogP contribution in [0.4, 0.5) is 0 Å². The maximum atomic E-state index is 9.74. The van der Waals surface area contributed by atoms with Crippen molar-refractivity contribution >= 4 is 0 Å². The van der Waals surface area contributed by atoms with Crippen LogP contribution in [0, 0.1) is 0 Å². The SMILES string of the molecule is Cn1ncc(CC(O)c2cn[nH]c2)n1. The minimum absolute atomic E-state index is 0.452. The van der Waals surface area contributed by atoms with Crippen molar-refractivity contribution in [3.05, 3.63) is 29.8 Å². The number of rotatable bonds is 3. The standard InChI is InChI=1S/C8H11N5O/c1-13-11-5-7(12-13)2-8(14)6-3-9-10-4-6/h3-5,8,14H,2H2,1H3,(H,9,10). The average molecular weight is 193 g/mol. The van der Waals surface area contributed by atoms with Crippen LogP contribution < -0.4 is 0 Å². The lowest BCUT2D eigenvalue weighted by Gasteiger charge is -2.04. The monoisotopic (exact) mass is 193 g/mol. The summed E-state index contributed by atoms with van der Waals surface area (Å²) in [4.78, 5) is 1.47. The van der Waals surface area contributed by atoms with Gasteiger partial charge in [0.25, 0.3) is 0 Å². The van der Waals surface area contributed by atoms with E-state index in [1.807, 2.05) is 0 Å². The number of nitrogens with zero attached hydrogens (tertiary/aromatic N) is 4. The fourth-order valence-electron chi connectivity index (χ4n) is 1.24. The second-order valence-electron chi connectivity index (χ2n) is 3.08. The van der Waals surface area contributed by atoms with Crippen LogP contribution in [0.5, 0.6) is 0 Å². The van der Waals surface area contributed by atoms with E-state index >= 15 is 0 Å². The summed E-state index contributed by atoms with van der Waals surface area (Å²) >= 11 is 0. The molecule has 0 bridgehead atoms. The van der Waals surface area contributed by atoms with E-state index in [1.165, 1.54) is 4.80 Å². The zero-order chi connectivity index (χ0) is 9.97. The molecule has 0 saturated heterocycles. The van der Waals surface area contributed by atoms with Crippen LogP contribution in [0.2, 0.25) is 0 Å². The van der Waals surface area contributed by atoms with Crippen molar-refractivity contribution in [3.8, 4) is 0 Å². The van der Waals surface area contributed by atoms with Crippen molar-refractivity contribution in [1.82, 2.24) is 25.2 Å². The van der Waals surface area contributed by atoms with Crippen molar-refractivity contribution < 1.29 is 5.11 Å². The second kappa shape index (κ2) is 3.59. The van der Waals surface area contributed by atoms with E-state index in [4.69, 9.17) is 0 Å². The first-order valence-corrected chi connectivity index (χ1v) is 4.27. The molecule has 0 aromatic carbocycles. The van der Waals surface area contributed by atoms with Crippen molar-refractivity contribution in [2.24, 2.45) is 7.05 Å². The molecule has 0 radical (unpaired) electrons. The highest BCUT2D eigenvalue weighted by molar-refractivity contribution is 5.09. The fraction of sp³-hybridized carbons (Fsp3) is 0.375. The first-order valence-electron chi connectivity index (χ1n) is 4.27. The van der Waals surface area contributed by atoms with Gasteiger partial charge in [0.05, 0.1) is 24.2 Å². The molecule has 0 spiro atoms. The van der Waals surface area contributed by atoms with Gasteiger partial charge in [-0.2, -0.15) is 20.1 Å². The third kappa shape index (κ3) is 1.80. The number of aliphatic hydroxyl groups is 1. The highest BCUT2D eigenvalue weighted by atomic mass is 16.3. The van der Waals surface area contributed by atoms with Gasteiger partial charge in [-0.3, -0.25) is 5.10 Å². The molecule has 14 heavy (non-hydrogen) atoms. The fourth-order valence-corrected chi connectivity index (χ4v) is 1.24. The van der Waals surface area contributed by atoms with Crippen LogP contribution in [0.3, 0.4) is 0 Å². The second-order valence-corrected chi connectivity index (χ2v) is 3.08. The molecule has 0 aliphatic carbocycles. The summed E-state index contributed by atoms with van der Waals surface area (Å²) < 4.78 is 0. The lowest BCUT2D eigenvalue weighted by atomic mass is 10.1. The smallest absolute Gasteiger partial charge is 0.0877 e. The minimum atomic E-state index is -0.578. The number of aliphatic hydroxyl groups excluding tert-OH is 1. The zero-order valence-electron chi connectivity index (χ0n) is 7.75. The highest BCUT2D eigenvalue weighted by Gasteiger charge is 2.11. The van der Waals surface area contributed by atoms with Crippen LogP contribution in [-0.4, -0.2) is 30.3 Å². The summed E-state index contributed by atoms with van der Waals surface area (Å²) in [5, 5.41) is 24.1. The third-order valence-electron chi connectivity index (χ3n) is 1.95. The van der Waals surface area contributed by atoms with Gasteiger partial charge in [-0.15, -0.1) is 0 Å². The van der Waals surface area contributed by atoms with Gasteiger partial charge in [-0.1, -0.05) is 0 Å². The molecule has 2 heterocycles. The molecule has 2 aromatic heterocycles. The van der Waals surface area contributed by atoms with E-state index in [-0.39, 0.29) is 0 Å². The Kier molecular flexibility index (Phi) is 2.28. The Morgan fingerprint density at radius 1 is 1.57 bits per heavy atom. The molecule has 0 aliphatic rings. The molecule has 6 heteroatoms. The van der Waals surface area contributed by atoms with Gasteiger partial charge in [-0.25, -0.2) is 0 Å². The molecule has 2 aromatic rings. The van der Waals surface area contributed by atoms with Crippen LogP contribution in [-0.2, 0) is 13.5 Å². The number of aryl methyl sites for hydroxylation is 1. The van der Waals surface area contributed by atoms with Crippen LogP contribution in [0.25, 0.3) is 0 Å². The summed E-state index contributed by atoms with van der Waals surface area (Å²) in [7, 11) is 1.74. The Morgan fingerprint density at radius 3 is 3.00 bits per heavy atom. The zero-order valence-corrected chi connectivity index (χ0v) is 7.75. The minimum Gasteiger partial charge on any atom is -0.388 e. The van der Waals surface area contributed by atoms with Gasteiger partial charge in [-0.05, 0) is 0 Å². The van der Waals surface area contributed by atoms with E-state index in [9.17, 15) is 5.11 Å². The molecule has 2 N–H and O–H groups in total. The number of aromatic amines is 1. The lowest BCUT2D eigenvalue weighted by Crippen LogP contribution is -2.02. The van der Waals surface area contributed by atoms with E-state index in [1.54, 1.807) is 25.6 Å². The molecule has 2 rings (SSSR count). The summed E-state index contributed by atoms with van der Waals surface area (Å²) in [6.45, 7) is 0. The van der Waals surface area contributed by atoms with Gasteiger partial charge < -0.3 is 5.11 Å². The van der Waals surface area contributed by atoms with Crippen molar-refractivity contribution in [1.29, 1.82) is 0 Å². The summed E-state index contributed by atoms with van der Waals surface area (Å²) in [6, 6.07) is 0. The average Bonchev–Trinajstić information content (AvgIpc) is 2.75. The maximum Gasteiger partial charge on any atom is 0.0877 e. The largest absolute Gasteiger partial charge is 0.388 e. The van der Waals surface area contributed by atoms with Crippen LogP contribution >= 0.6 is 0 Å². The molecule has 1 unspecified atom stereocenters. The molecule has 74 valence electrons. The highest BCUT2D eigenvalue weighted by Crippen LogP contribution is 2.14. The summed E-state index contributed by atoms with van der Waals surface area (Å²) in [5.74, 6) is 0. The van der Waals surface area contributed by atoms with Crippen molar-refractivity contribution in [3.63, 3.8) is 0 Å². The molecule has 1 atom stereocenters. The first kappa shape index (κ1) is 8.89. The first-order chi connectivity index (χ1) is 6.75. The Labute approximate surface area is 80.6 Å². The lowest BCUT2D eigenvalue weighted by molar-refractivity contribution is 0.177. The van der Waals surface area contributed by atoms with Gasteiger partial charge in [0.2, 0.25) is 0 Å². The Hall–Kier alpha value is -1.69. The van der Waals surface area contributed by atoms with Gasteiger partial charge >= 0.3 is 0 Å². The molecular formula is C8H11N5O. The molecule has 0 saturated carbocycles. The normalized spacial score (nSPS) is 13.0. The summed E-state index contributed by atoms with van der Waals surface area (Å²) in [5.41, 5.74) is 1.52. The van der Waals surface area contributed by atoms with Crippen molar-refractivity contribution in [2.45, 2.75) is 12.5 Å². The Bertz CT molecular complexity index is 394. The van der Waals surface area contributed by atoms with Crippen LogP contribution in [0.15, 0.2) is 18.6 Å². The quantitative estimate of drug-likeness (QED) is 0.708. The topological polar surface area (TPSA) is 79.6 Å². The van der Waals surface area contributed by atoms with Gasteiger partial charge in [0.15, 0.2) is 0 Å². The van der Waals surface area contributed by atoms with Crippen LogP contribution in [0.1, 0.15) is 17.4 Å². The Morgan fingerprint density at radius 2 is 2.43 bits per heavy atom. The van der Waals surface area contributed by atoms with E-state index in [2.05, 4.69) is 20.4 Å². The molecule has 6 nitrogen and oxygen atoms in total. The van der Waals surface area contributed by atoms with Gasteiger partial charge in [0.1, 0.15) is 0 Å². The molecule has 0 fully saturated rings. The van der Waals surface area contributed by atoms with E-state index in [0.29, 0.717) is 6.42 Å². The van der Waals surface area contributed by atoms with E-state index in [0.717, 1.165) is 11.3 Å². The van der Waals surface area contributed by atoms with Crippen molar-refractivity contribution in [2.75, 3.05) is 0 Å². The summed E-state index contributed by atoms with van der Waals surface area (Å²) in [6.07, 6.45) is 4.78.